The van der Waals surface area contributed by atoms with E-state index in [1.54, 1.807) is 11.6 Å². The van der Waals surface area contributed by atoms with Gasteiger partial charge in [0.1, 0.15) is 0 Å². The molecule has 2 heterocycles. The SMILES string of the molecule is Cc1c(N2CCCC2)ccc2oc(=O)n(C)c12. The van der Waals surface area contributed by atoms with Crippen LogP contribution in [0.3, 0.4) is 0 Å². The Bertz CT molecular complexity index is 618. The first kappa shape index (κ1) is 10.4. The second-order valence-corrected chi connectivity index (χ2v) is 4.68. The molecule has 3 rings (SSSR count). The van der Waals surface area contributed by atoms with Crippen LogP contribution < -0.4 is 10.7 Å². The first-order chi connectivity index (χ1) is 8.18. The van der Waals surface area contributed by atoms with Crippen LogP contribution in [0.1, 0.15) is 18.4 Å². The van der Waals surface area contributed by atoms with Crippen molar-refractivity contribution in [3.63, 3.8) is 0 Å². The molecular weight excluding hydrogens is 216 g/mol. The zero-order chi connectivity index (χ0) is 12.0. The highest BCUT2D eigenvalue weighted by atomic mass is 16.4. The van der Waals surface area contributed by atoms with Gasteiger partial charge in [0.2, 0.25) is 0 Å². The Balaban J connectivity index is 2.24. The molecule has 17 heavy (non-hydrogen) atoms. The lowest BCUT2D eigenvalue weighted by Gasteiger charge is -2.20. The number of rotatable bonds is 1. The Morgan fingerprint density at radius 1 is 1.24 bits per heavy atom. The summed E-state index contributed by atoms with van der Waals surface area (Å²) in [6.45, 7) is 4.28. The summed E-state index contributed by atoms with van der Waals surface area (Å²) in [6.07, 6.45) is 2.50. The van der Waals surface area contributed by atoms with Crippen molar-refractivity contribution in [2.45, 2.75) is 19.8 Å². The van der Waals surface area contributed by atoms with Crippen LogP contribution in [-0.2, 0) is 7.05 Å². The molecule has 4 nitrogen and oxygen atoms in total. The summed E-state index contributed by atoms with van der Waals surface area (Å²) >= 11 is 0. The van der Waals surface area contributed by atoms with Gasteiger partial charge in [-0.2, -0.15) is 0 Å². The van der Waals surface area contributed by atoms with E-state index in [1.165, 1.54) is 18.5 Å². The first-order valence-electron chi connectivity index (χ1n) is 6.02. The number of nitrogens with zero attached hydrogens (tertiary/aromatic N) is 2. The molecule has 0 N–H and O–H groups in total. The number of aromatic nitrogens is 1. The number of fused-ring (bicyclic) bond motifs is 1. The van der Waals surface area contributed by atoms with Gasteiger partial charge >= 0.3 is 5.76 Å². The molecule has 0 bridgehead atoms. The van der Waals surface area contributed by atoms with E-state index >= 15 is 0 Å². The average Bonchev–Trinajstić information content (AvgIpc) is 2.90. The molecule has 1 aromatic carbocycles. The summed E-state index contributed by atoms with van der Waals surface area (Å²) < 4.78 is 6.77. The standard InChI is InChI=1S/C13H16N2O2/c1-9-10(15-7-3-4-8-15)5-6-11-12(9)14(2)13(16)17-11/h5-6H,3-4,7-8H2,1-2H3. The van der Waals surface area contributed by atoms with Crippen LogP contribution in [0.2, 0.25) is 0 Å². The van der Waals surface area contributed by atoms with Gasteiger partial charge in [-0.05, 0) is 31.9 Å². The van der Waals surface area contributed by atoms with Crippen LogP contribution in [0.25, 0.3) is 11.1 Å². The van der Waals surface area contributed by atoms with Crippen LogP contribution in [0.4, 0.5) is 5.69 Å². The summed E-state index contributed by atoms with van der Waals surface area (Å²) in [7, 11) is 1.76. The number of hydrogen-bond donors (Lipinski definition) is 0. The molecule has 4 heteroatoms. The Morgan fingerprint density at radius 2 is 1.94 bits per heavy atom. The second-order valence-electron chi connectivity index (χ2n) is 4.68. The van der Waals surface area contributed by atoms with E-state index < -0.39 is 0 Å². The molecule has 90 valence electrons. The molecule has 0 amide bonds. The van der Waals surface area contributed by atoms with Crippen molar-refractivity contribution < 1.29 is 4.42 Å². The van der Waals surface area contributed by atoms with E-state index in [0.29, 0.717) is 5.58 Å². The molecule has 0 unspecified atom stereocenters. The maximum atomic E-state index is 11.5. The third-order valence-electron chi connectivity index (χ3n) is 3.62. The molecule has 0 radical (unpaired) electrons. The summed E-state index contributed by atoms with van der Waals surface area (Å²) in [5.41, 5.74) is 3.96. The topological polar surface area (TPSA) is 38.4 Å². The lowest BCUT2D eigenvalue weighted by Crippen LogP contribution is -2.19. The highest BCUT2D eigenvalue weighted by molar-refractivity contribution is 5.83. The van der Waals surface area contributed by atoms with E-state index in [-0.39, 0.29) is 5.76 Å². The normalized spacial score (nSPS) is 16.0. The fourth-order valence-corrected chi connectivity index (χ4v) is 2.72. The van der Waals surface area contributed by atoms with Gasteiger partial charge in [0, 0.05) is 31.4 Å². The van der Waals surface area contributed by atoms with E-state index in [9.17, 15) is 4.79 Å². The molecule has 0 saturated carbocycles. The van der Waals surface area contributed by atoms with Crippen molar-refractivity contribution in [1.82, 2.24) is 4.57 Å². The number of hydrogen-bond acceptors (Lipinski definition) is 3. The minimum atomic E-state index is -0.290. The zero-order valence-corrected chi connectivity index (χ0v) is 10.2. The Kier molecular flexibility index (Phi) is 2.24. The molecule has 1 fully saturated rings. The van der Waals surface area contributed by atoms with Gasteiger partial charge in [-0.15, -0.1) is 0 Å². The summed E-state index contributed by atoms with van der Waals surface area (Å²) in [5.74, 6) is -0.290. The van der Waals surface area contributed by atoms with Crippen molar-refractivity contribution in [3.8, 4) is 0 Å². The van der Waals surface area contributed by atoms with Crippen LogP contribution in [-0.4, -0.2) is 17.7 Å². The van der Waals surface area contributed by atoms with E-state index in [4.69, 9.17) is 4.42 Å². The van der Waals surface area contributed by atoms with Gasteiger partial charge in [-0.1, -0.05) is 0 Å². The predicted molar refractivity (Wildman–Crippen MR) is 67.6 cm³/mol. The Labute approximate surface area is 99.4 Å². The quantitative estimate of drug-likeness (QED) is 0.755. The van der Waals surface area contributed by atoms with Crippen molar-refractivity contribution >= 4 is 16.8 Å². The molecule has 1 saturated heterocycles. The van der Waals surface area contributed by atoms with E-state index in [1.807, 2.05) is 6.07 Å². The highest BCUT2D eigenvalue weighted by Crippen LogP contribution is 2.29. The lowest BCUT2D eigenvalue weighted by atomic mass is 10.1. The van der Waals surface area contributed by atoms with Crippen molar-refractivity contribution in [2.75, 3.05) is 18.0 Å². The fraction of sp³-hybridized carbons (Fsp3) is 0.462. The van der Waals surface area contributed by atoms with Crippen LogP contribution >= 0.6 is 0 Å². The van der Waals surface area contributed by atoms with Crippen LogP contribution in [0.5, 0.6) is 0 Å². The Morgan fingerprint density at radius 3 is 2.65 bits per heavy atom. The largest absolute Gasteiger partial charge is 0.419 e. The number of oxazole rings is 1. The monoisotopic (exact) mass is 232 g/mol. The molecule has 1 aliphatic heterocycles. The van der Waals surface area contributed by atoms with Crippen LogP contribution in [0.15, 0.2) is 21.3 Å². The number of benzene rings is 1. The molecule has 2 aromatic rings. The minimum Gasteiger partial charge on any atom is -0.408 e. The van der Waals surface area contributed by atoms with Gasteiger partial charge < -0.3 is 9.32 Å². The fourth-order valence-electron chi connectivity index (χ4n) is 2.72. The third-order valence-corrected chi connectivity index (χ3v) is 3.62. The summed E-state index contributed by atoms with van der Waals surface area (Å²) in [4.78, 5) is 13.9. The van der Waals surface area contributed by atoms with Gasteiger partial charge in [0.25, 0.3) is 0 Å². The maximum Gasteiger partial charge on any atom is 0.419 e. The molecule has 0 spiro atoms. The van der Waals surface area contributed by atoms with Gasteiger partial charge in [0.05, 0.1) is 5.52 Å². The van der Waals surface area contributed by atoms with Crippen molar-refractivity contribution in [1.29, 1.82) is 0 Å². The molecule has 0 atom stereocenters. The smallest absolute Gasteiger partial charge is 0.408 e. The summed E-state index contributed by atoms with van der Waals surface area (Å²) in [6, 6.07) is 3.96. The molecule has 1 aromatic heterocycles. The van der Waals surface area contributed by atoms with Gasteiger partial charge in [-0.25, -0.2) is 4.79 Å². The van der Waals surface area contributed by atoms with Crippen LogP contribution in [0, 0.1) is 6.92 Å². The maximum absolute atomic E-state index is 11.5. The van der Waals surface area contributed by atoms with Gasteiger partial charge in [-0.3, -0.25) is 4.57 Å². The Hall–Kier alpha value is -1.71. The summed E-state index contributed by atoms with van der Waals surface area (Å²) in [5, 5.41) is 0. The molecule has 1 aliphatic rings. The highest BCUT2D eigenvalue weighted by Gasteiger charge is 2.18. The average molecular weight is 232 g/mol. The first-order valence-corrected chi connectivity index (χ1v) is 6.02. The third kappa shape index (κ3) is 1.47. The minimum absolute atomic E-state index is 0.290. The van der Waals surface area contributed by atoms with E-state index in [2.05, 4.69) is 17.9 Å². The predicted octanol–water partition coefficient (Wildman–Crippen LogP) is 2.04. The number of aryl methyl sites for hydroxylation is 2. The molecular formula is C13H16N2O2. The zero-order valence-electron chi connectivity index (χ0n) is 10.2. The number of anilines is 1. The van der Waals surface area contributed by atoms with E-state index in [0.717, 1.165) is 24.2 Å². The lowest BCUT2D eigenvalue weighted by molar-refractivity contribution is 0.528. The van der Waals surface area contributed by atoms with Crippen molar-refractivity contribution in [3.05, 3.63) is 28.2 Å². The van der Waals surface area contributed by atoms with Gasteiger partial charge in [0.15, 0.2) is 5.58 Å². The second kappa shape index (κ2) is 3.65. The van der Waals surface area contributed by atoms with Crippen molar-refractivity contribution in [2.24, 2.45) is 7.05 Å². The molecule has 0 aliphatic carbocycles.